The van der Waals surface area contributed by atoms with Gasteiger partial charge in [-0.15, -0.1) is 0 Å². The van der Waals surface area contributed by atoms with Gasteiger partial charge in [0.1, 0.15) is 5.82 Å². The minimum atomic E-state index is -0.436. The van der Waals surface area contributed by atoms with Crippen LogP contribution < -0.4 is 14.8 Å². The maximum absolute atomic E-state index is 13.5. The zero-order chi connectivity index (χ0) is 19.8. The molecule has 0 atom stereocenters. The average molecular weight is 374 g/mol. The second-order valence-corrected chi connectivity index (χ2v) is 6.10. The molecule has 0 aliphatic rings. The predicted molar refractivity (Wildman–Crippen MR) is 102 cm³/mol. The molecular weight excluding hydrogens is 351 g/mol. The van der Waals surface area contributed by atoms with Gasteiger partial charge < -0.3 is 19.6 Å². The van der Waals surface area contributed by atoms with Crippen LogP contribution in [0.4, 0.5) is 10.1 Å². The van der Waals surface area contributed by atoms with E-state index in [4.69, 9.17) is 14.3 Å². The number of benzene rings is 2. The molecule has 0 aliphatic heterocycles. The number of nitrogens with one attached hydrogen (secondary N) is 1. The Balaban J connectivity index is 1.87. The summed E-state index contributed by atoms with van der Waals surface area (Å²) >= 11 is 0. The molecule has 7 heteroatoms. The van der Waals surface area contributed by atoms with E-state index in [9.17, 15) is 9.18 Å². The Kier molecular flexibility index (Phi) is 7.16. The van der Waals surface area contributed by atoms with Crippen molar-refractivity contribution in [3.05, 3.63) is 53.3 Å². The van der Waals surface area contributed by atoms with Gasteiger partial charge in [0, 0.05) is 11.3 Å². The highest BCUT2D eigenvalue weighted by molar-refractivity contribution is 5.91. The molecule has 0 heterocycles. The largest absolute Gasteiger partial charge is 0.493 e. The van der Waals surface area contributed by atoms with Gasteiger partial charge in [0.25, 0.3) is 5.91 Å². The van der Waals surface area contributed by atoms with Crippen LogP contribution in [0.5, 0.6) is 11.5 Å². The molecule has 0 aromatic heterocycles. The van der Waals surface area contributed by atoms with Crippen LogP contribution in [0.3, 0.4) is 0 Å². The van der Waals surface area contributed by atoms with E-state index in [0.717, 1.165) is 5.56 Å². The van der Waals surface area contributed by atoms with Gasteiger partial charge in [-0.25, -0.2) is 4.39 Å². The molecule has 0 radical (unpaired) electrons. The van der Waals surface area contributed by atoms with E-state index in [1.165, 1.54) is 12.3 Å². The van der Waals surface area contributed by atoms with E-state index in [2.05, 4.69) is 10.5 Å². The zero-order valence-corrected chi connectivity index (χ0v) is 15.8. The Morgan fingerprint density at radius 2 is 2.00 bits per heavy atom. The Bertz CT molecular complexity index is 822. The van der Waals surface area contributed by atoms with Gasteiger partial charge in [-0.2, -0.15) is 0 Å². The summed E-state index contributed by atoms with van der Waals surface area (Å²) in [5.41, 5.74) is 1.60. The number of nitrogens with zero attached hydrogens (tertiary/aromatic N) is 1. The molecule has 2 aromatic rings. The number of hydrogen-bond acceptors (Lipinski definition) is 5. The Labute approximate surface area is 157 Å². The van der Waals surface area contributed by atoms with Crippen LogP contribution in [0.2, 0.25) is 0 Å². The standard InChI is InChI=1S/C20H23FN2O4/c1-13(2)27-18-8-6-15(9-19(18)25-4)11-22-26-12-20(24)23-16-7-5-14(3)17(21)10-16/h5-11,13H,12H2,1-4H3,(H,23,24)/b22-11-. The van der Waals surface area contributed by atoms with Crippen LogP contribution in [-0.2, 0) is 9.63 Å². The van der Waals surface area contributed by atoms with Crippen molar-refractivity contribution >= 4 is 17.8 Å². The average Bonchev–Trinajstić information content (AvgIpc) is 2.62. The Morgan fingerprint density at radius 1 is 1.22 bits per heavy atom. The number of aryl methyl sites for hydroxylation is 1. The molecule has 0 spiro atoms. The van der Waals surface area contributed by atoms with E-state index < -0.39 is 5.91 Å². The maximum Gasteiger partial charge on any atom is 0.265 e. The molecule has 144 valence electrons. The molecule has 27 heavy (non-hydrogen) atoms. The fourth-order valence-electron chi connectivity index (χ4n) is 2.18. The molecule has 2 aromatic carbocycles. The number of rotatable bonds is 8. The van der Waals surface area contributed by atoms with Gasteiger partial charge in [-0.1, -0.05) is 11.2 Å². The van der Waals surface area contributed by atoms with Gasteiger partial charge in [0.05, 0.1) is 19.4 Å². The summed E-state index contributed by atoms with van der Waals surface area (Å²) in [7, 11) is 1.55. The molecule has 6 nitrogen and oxygen atoms in total. The first-order valence-electron chi connectivity index (χ1n) is 8.45. The Morgan fingerprint density at radius 3 is 2.67 bits per heavy atom. The summed E-state index contributed by atoms with van der Waals surface area (Å²) in [6.07, 6.45) is 1.49. The van der Waals surface area contributed by atoms with Crippen LogP contribution in [-0.4, -0.2) is 31.9 Å². The lowest BCUT2D eigenvalue weighted by Gasteiger charge is -2.13. The molecule has 0 bridgehead atoms. The van der Waals surface area contributed by atoms with E-state index >= 15 is 0 Å². The van der Waals surface area contributed by atoms with Crippen molar-refractivity contribution in [2.75, 3.05) is 19.0 Å². The van der Waals surface area contributed by atoms with Crippen molar-refractivity contribution in [1.29, 1.82) is 0 Å². The third kappa shape index (κ3) is 6.29. The highest BCUT2D eigenvalue weighted by atomic mass is 19.1. The van der Waals surface area contributed by atoms with Gasteiger partial charge in [0.15, 0.2) is 18.1 Å². The maximum atomic E-state index is 13.5. The minimum absolute atomic E-state index is 0.0299. The highest BCUT2D eigenvalue weighted by Gasteiger charge is 2.07. The number of anilines is 1. The SMILES string of the molecule is COc1cc(/C=N\OCC(=O)Nc2ccc(C)c(F)c2)ccc1OC(C)C. The van der Waals surface area contributed by atoms with Gasteiger partial charge >= 0.3 is 0 Å². The fourth-order valence-corrected chi connectivity index (χ4v) is 2.18. The predicted octanol–water partition coefficient (Wildman–Crippen LogP) is 3.92. The topological polar surface area (TPSA) is 69.2 Å². The summed E-state index contributed by atoms with van der Waals surface area (Å²) in [5.74, 6) is 0.390. The van der Waals surface area contributed by atoms with Crippen LogP contribution >= 0.6 is 0 Å². The molecule has 2 rings (SSSR count). The quantitative estimate of drug-likeness (QED) is 0.562. The normalized spacial score (nSPS) is 10.9. The van der Waals surface area contributed by atoms with E-state index in [0.29, 0.717) is 22.7 Å². The van der Waals surface area contributed by atoms with Crippen LogP contribution in [0.25, 0.3) is 0 Å². The lowest BCUT2D eigenvalue weighted by atomic mass is 10.2. The number of methoxy groups -OCH3 is 1. The fraction of sp³-hybridized carbons (Fsp3) is 0.300. The van der Waals surface area contributed by atoms with Crippen LogP contribution in [0.1, 0.15) is 25.0 Å². The molecule has 1 amide bonds. The number of halogens is 1. The number of carbonyl (C=O) groups is 1. The van der Waals surface area contributed by atoms with Crippen LogP contribution in [0.15, 0.2) is 41.6 Å². The van der Waals surface area contributed by atoms with Gasteiger partial charge in [0.2, 0.25) is 0 Å². The number of hydrogen-bond donors (Lipinski definition) is 1. The first-order chi connectivity index (χ1) is 12.9. The van der Waals surface area contributed by atoms with Crippen molar-refractivity contribution in [2.24, 2.45) is 5.16 Å². The second kappa shape index (κ2) is 9.56. The lowest BCUT2D eigenvalue weighted by Crippen LogP contribution is -2.17. The summed E-state index contributed by atoms with van der Waals surface area (Å²) in [6, 6.07) is 9.78. The van der Waals surface area contributed by atoms with E-state index in [1.807, 2.05) is 13.8 Å². The molecule has 0 aliphatic carbocycles. The zero-order valence-electron chi connectivity index (χ0n) is 15.8. The third-order valence-electron chi connectivity index (χ3n) is 3.48. The summed E-state index contributed by atoms with van der Waals surface area (Å²) in [5, 5.41) is 6.30. The highest BCUT2D eigenvalue weighted by Crippen LogP contribution is 2.28. The number of amides is 1. The van der Waals surface area contributed by atoms with Gasteiger partial charge in [-0.3, -0.25) is 4.79 Å². The lowest BCUT2D eigenvalue weighted by molar-refractivity contribution is -0.120. The van der Waals surface area contributed by atoms with E-state index in [-0.39, 0.29) is 18.5 Å². The molecule has 0 saturated carbocycles. The summed E-state index contributed by atoms with van der Waals surface area (Å²) in [6.45, 7) is 5.21. The monoisotopic (exact) mass is 374 g/mol. The van der Waals surface area contributed by atoms with Crippen LogP contribution in [0, 0.1) is 12.7 Å². The Hall–Kier alpha value is -3.09. The first kappa shape index (κ1) is 20.2. The smallest absolute Gasteiger partial charge is 0.265 e. The number of carbonyl (C=O) groups excluding carboxylic acids is 1. The summed E-state index contributed by atoms with van der Waals surface area (Å²) < 4.78 is 24.4. The van der Waals surface area contributed by atoms with Crippen molar-refractivity contribution in [1.82, 2.24) is 0 Å². The summed E-state index contributed by atoms with van der Waals surface area (Å²) in [4.78, 5) is 16.8. The number of ether oxygens (including phenoxy) is 2. The minimum Gasteiger partial charge on any atom is -0.493 e. The molecule has 0 unspecified atom stereocenters. The van der Waals surface area contributed by atoms with Crippen molar-refractivity contribution in [3.63, 3.8) is 0 Å². The second-order valence-electron chi connectivity index (χ2n) is 6.10. The van der Waals surface area contributed by atoms with Crippen molar-refractivity contribution in [3.8, 4) is 11.5 Å². The van der Waals surface area contributed by atoms with Crippen molar-refractivity contribution < 1.29 is 23.5 Å². The van der Waals surface area contributed by atoms with Gasteiger partial charge in [-0.05, 0) is 56.7 Å². The molecule has 1 N–H and O–H groups in total. The first-order valence-corrected chi connectivity index (χ1v) is 8.45. The molecule has 0 saturated heterocycles. The third-order valence-corrected chi connectivity index (χ3v) is 3.48. The molecule has 0 fully saturated rings. The number of oxime groups is 1. The van der Waals surface area contributed by atoms with Crippen molar-refractivity contribution in [2.45, 2.75) is 26.9 Å². The molecular formula is C20H23FN2O4. The van der Waals surface area contributed by atoms with E-state index in [1.54, 1.807) is 44.4 Å².